The minimum absolute atomic E-state index is 0.329. The maximum absolute atomic E-state index is 11.8. The normalized spacial score (nSPS) is 9.50. The Balaban J connectivity index is 2.28. The zero-order valence-corrected chi connectivity index (χ0v) is 9.91. The van der Waals surface area contributed by atoms with E-state index in [2.05, 4.69) is 5.92 Å². The molecule has 2 aromatic rings. The van der Waals surface area contributed by atoms with Crippen molar-refractivity contribution < 1.29 is 4.79 Å². The number of carbonyl (C=O) groups is 1. The van der Waals surface area contributed by atoms with Crippen molar-refractivity contribution >= 4 is 11.6 Å². The minimum atomic E-state index is -0.329. The molecule has 0 radical (unpaired) electrons. The minimum Gasteiger partial charge on any atom is -0.297 e. The van der Waals surface area contributed by atoms with Crippen LogP contribution in [-0.4, -0.2) is 5.91 Å². The van der Waals surface area contributed by atoms with Crippen LogP contribution in [0.5, 0.6) is 0 Å². The Bertz CT molecular complexity index is 555. The highest BCUT2D eigenvalue weighted by molar-refractivity contribution is 6.05. The number of benzene rings is 2. The zero-order valence-electron chi connectivity index (χ0n) is 9.91. The number of terminal acetylenes is 1. The van der Waals surface area contributed by atoms with Gasteiger partial charge in [0.25, 0.3) is 0 Å². The Labute approximate surface area is 107 Å². The molecule has 0 unspecified atom stereocenters. The summed E-state index contributed by atoms with van der Waals surface area (Å²) in [4.78, 5) is 13.4. The predicted molar refractivity (Wildman–Crippen MR) is 72.9 cm³/mol. The van der Waals surface area contributed by atoms with Crippen molar-refractivity contribution in [1.29, 1.82) is 0 Å². The monoisotopic (exact) mass is 235 g/mol. The van der Waals surface area contributed by atoms with Gasteiger partial charge >= 0.3 is 5.91 Å². The van der Waals surface area contributed by atoms with Crippen LogP contribution in [0.1, 0.15) is 5.56 Å². The van der Waals surface area contributed by atoms with E-state index in [1.807, 2.05) is 60.7 Å². The van der Waals surface area contributed by atoms with Crippen molar-refractivity contribution in [2.45, 2.75) is 6.54 Å². The molecular formula is C16H13NO. The lowest BCUT2D eigenvalue weighted by Gasteiger charge is -2.20. The molecule has 2 heteroatoms. The van der Waals surface area contributed by atoms with Crippen LogP contribution < -0.4 is 4.90 Å². The maximum Gasteiger partial charge on any atom is 0.302 e. The SMILES string of the molecule is C#CC(=O)N(Cc1ccccc1)c1ccccc1. The van der Waals surface area contributed by atoms with Crippen LogP contribution in [0.3, 0.4) is 0 Å². The second-order valence-electron chi connectivity index (χ2n) is 3.86. The standard InChI is InChI=1S/C16H13NO/c1-2-16(18)17(15-11-7-4-8-12-15)13-14-9-5-3-6-10-14/h1,3-12H,13H2. The van der Waals surface area contributed by atoms with Crippen molar-refractivity contribution in [3.05, 3.63) is 66.2 Å². The van der Waals surface area contributed by atoms with Gasteiger partial charge in [-0.1, -0.05) is 48.5 Å². The maximum atomic E-state index is 11.8. The average Bonchev–Trinajstić information content (AvgIpc) is 2.46. The van der Waals surface area contributed by atoms with Crippen LogP contribution in [0.2, 0.25) is 0 Å². The Morgan fingerprint density at radius 2 is 1.56 bits per heavy atom. The average molecular weight is 235 g/mol. The molecule has 0 atom stereocenters. The van der Waals surface area contributed by atoms with Crippen molar-refractivity contribution in [3.8, 4) is 12.3 Å². The van der Waals surface area contributed by atoms with E-state index < -0.39 is 0 Å². The number of rotatable bonds is 3. The summed E-state index contributed by atoms with van der Waals surface area (Å²) in [6, 6.07) is 19.2. The molecule has 2 aromatic carbocycles. The van der Waals surface area contributed by atoms with Gasteiger partial charge in [0.2, 0.25) is 0 Å². The highest BCUT2D eigenvalue weighted by atomic mass is 16.2. The first-order valence-corrected chi connectivity index (χ1v) is 5.68. The Morgan fingerprint density at radius 1 is 1.00 bits per heavy atom. The van der Waals surface area contributed by atoms with Crippen LogP contribution >= 0.6 is 0 Å². The molecule has 0 aromatic heterocycles. The second kappa shape index (κ2) is 5.70. The van der Waals surface area contributed by atoms with Crippen molar-refractivity contribution in [2.75, 3.05) is 4.90 Å². The second-order valence-corrected chi connectivity index (χ2v) is 3.86. The van der Waals surface area contributed by atoms with Gasteiger partial charge in [-0.05, 0) is 23.6 Å². The van der Waals surface area contributed by atoms with E-state index in [-0.39, 0.29) is 5.91 Å². The lowest BCUT2D eigenvalue weighted by atomic mass is 10.2. The van der Waals surface area contributed by atoms with E-state index in [9.17, 15) is 4.79 Å². The summed E-state index contributed by atoms with van der Waals surface area (Å²) in [5.41, 5.74) is 1.86. The topological polar surface area (TPSA) is 20.3 Å². The molecule has 0 bridgehead atoms. The predicted octanol–water partition coefficient (Wildman–Crippen LogP) is 2.85. The number of anilines is 1. The number of nitrogens with zero attached hydrogens (tertiary/aromatic N) is 1. The fourth-order valence-corrected chi connectivity index (χ4v) is 1.73. The molecule has 0 aliphatic heterocycles. The van der Waals surface area contributed by atoms with Crippen molar-refractivity contribution in [3.63, 3.8) is 0 Å². The van der Waals surface area contributed by atoms with E-state index in [0.717, 1.165) is 11.3 Å². The summed E-state index contributed by atoms with van der Waals surface area (Å²) in [7, 11) is 0. The summed E-state index contributed by atoms with van der Waals surface area (Å²) >= 11 is 0. The number of hydrogen-bond donors (Lipinski definition) is 0. The number of hydrogen-bond acceptors (Lipinski definition) is 1. The first kappa shape index (κ1) is 11.9. The van der Waals surface area contributed by atoms with Gasteiger partial charge in [-0.2, -0.15) is 0 Å². The summed E-state index contributed by atoms with van der Waals surface area (Å²) in [6.45, 7) is 0.480. The molecule has 2 nitrogen and oxygen atoms in total. The summed E-state index contributed by atoms with van der Waals surface area (Å²) < 4.78 is 0. The molecule has 0 saturated heterocycles. The fraction of sp³-hybridized carbons (Fsp3) is 0.0625. The molecule has 0 fully saturated rings. The van der Waals surface area contributed by atoms with Gasteiger partial charge in [0.05, 0.1) is 6.54 Å². The number of amides is 1. The van der Waals surface area contributed by atoms with Gasteiger partial charge in [0, 0.05) is 5.69 Å². The fourth-order valence-electron chi connectivity index (χ4n) is 1.73. The molecule has 18 heavy (non-hydrogen) atoms. The van der Waals surface area contributed by atoms with Gasteiger partial charge in [-0.25, -0.2) is 0 Å². The van der Waals surface area contributed by atoms with E-state index in [1.165, 1.54) is 0 Å². The van der Waals surface area contributed by atoms with Gasteiger partial charge in [-0.3, -0.25) is 9.69 Å². The van der Waals surface area contributed by atoms with Crippen molar-refractivity contribution in [2.24, 2.45) is 0 Å². The van der Waals surface area contributed by atoms with Gasteiger partial charge in [-0.15, -0.1) is 6.42 Å². The number of carbonyl (C=O) groups excluding carboxylic acids is 1. The molecule has 0 saturated carbocycles. The quantitative estimate of drug-likeness (QED) is 0.749. The van der Waals surface area contributed by atoms with Crippen LogP contribution in [0, 0.1) is 12.3 Å². The summed E-state index contributed by atoms with van der Waals surface area (Å²) in [5.74, 6) is 1.84. The van der Waals surface area contributed by atoms with E-state index in [1.54, 1.807) is 4.90 Å². The van der Waals surface area contributed by atoms with Gasteiger partial charge < -0.3 is 0 Å². The molecule has 0 aliphatic rings. The molecule has 0 N–H and O–H groups in total. The summed E-state index contributed by atoms with van der Waals surface area (Å²) in [6.07, 6.45) is 5.22. The zero-order chi connectivity index (χ0) is 12.8. The molecule has 0 aliphatic carbocycles. The lowest BCUT2D eigenvalue weighted by molar-refractivity contribution is -0.113. The highest BCUT2D eigenvalue weighted by Crippen LogP contribution is 2.16. The molecule has 0 heterocycles. The summed E-state index contributed by atoms with van der Waals surface area (Å²) in [5, 5.41) is 0. The third-order valence-corrected chi connectivity index (χ3v) is 2.62. The van der Waals surface area contributed by atoms with Gasteiger partial charge in [0.15, 0.2) is 0 Å². The third kappa shape index (κ3) is 2.78. The lowest BCUT2D eigenvalue weighted by Crippen LogP contribution is -2.28. The molecule has 88 valence electrons. The Hall–Kier alpha value is -2.53. The van der Waals surface area contributed by atoms with Crippen molar-refractivity contribution in [1.82, 2.24) is 0 Å². The first-order chi connectivity index (χ1) is 8.81. The molecule has 1 amide bonds. The number of para-hydroxylation sites is 1. The highest BCUT2D eigenvalue weighted by Gasteiger charge is 2.13. The van der Waals surface area contributed by atoms with Crippen LogP contribution in [-0.2, 0) is 11.3 Å². The van der Waals surface area contributed by atoms with E-state index in [0.29, 0.717) is 6.54 Å². The van der Waals surface area contributed by atoms with E-state index in [4.69, 9.17) is 6.42 Å². The molecule has 2 rings (SSSR count). The molecule has 0 spiro atoms. The molecular weight excluding hydrogens is 222 g/mol. The van der Waals surface area contributed by atoms with Crippen LogP contribution in [0.15, 0.2) is 60.7 Å². The van der Waals surface area contributed by atoms with Gasteiger partial charge in [0.1, 0.15) is 0 Å². The Morgan fingerprint density at radius 3 is 2.11 bits per heavy atom. The Kier molecular flexibility index (Phi) is 3.78. The largest absolute Gasteiger partial charge is 0.302 e. The smallest absolute Gasteiger partial charge is 0.297 e. The van der Waals surface area contributed by atoms with Crippen LogP contribution in [0.25, 0.3) is 0 Å². The van der Waals surface area contributed by atoms with Crippen LogP contribution in [0.4, 0.5) is 5.69 Å². The third-order valence-electron chi connectivity index (χ3n) is 2.62. The first-order valence-electron chi connectivity index (χ1n) is 5.68. The van der Waals surface area contributed by atoms with E-state index >= 15 is 0 Å².